The summed E-state index contributed by atoms with van der Waals surface area (Å²) in [5.74, 6) is -0.944. The molecule has 5 nitrogen and oxygen atoms in total. The van der Waals surface area contributed by atoms with Crippen LogP contribution in [0.5, 0.6) is 0 Å². The quantitative estimate of drug-likeness (QED) is 0.531. The van der Waals surface area contributed by atoms with Crippen LogP contribution in [0.1, 0.15) is 16.9 Å². The number of aromatic nitrogens is 2. The Morgan fingerprint density at radius 1 is 1.26 bits per heavy atom. The topological polar surface area (TPSA) is 69.0 Å². The van der Waals surface area contributed by atoms with Crippen molar-refractivity contribution in [3.05, 3.63) is 46.5 Å². The van der Waals surface area contributed by atoms with Gasteiger partial charge in [0.25, 0.3) is 0 Å². The van der Waals surface area contributed by atoms with E-state index in [4.69, 9.17) is 34.8 Å². The number of benzene rings is 1. The van der Waals surface area contributed by atoms with Gasteiger partial charge in [0.1, 0.15) is 16.6 Å². The van der Waals surface area contributed by atoms with Crippen LogP contribution in [0.3, 0.4) is 0 Å². The Morgan fingerprint density at radius 3 is 2.65 bits per heavy atom. The number of carbonyl (C=O) groups excluding carboxylic acids is 1. The van der Waals surface area contributed by atoms with Crippen molar-refractivity contribution in [2.75, 3.05) is 11.6 Å². The second kappa shape index (κ2) is 7.66. The highest BCUT2D eigenvalue weighted by molar-refractivity contribution is 7.92. The summed E-state index contributed by atoms with van der Waals surface area (Å²) < 4.78 is 26.1. The Morgan fingerprint density at radius 2 is 2.00 bits per heavy atom. The maximum absolute atomic E-state index is 12.3. The van der Waals surface area contributed by atoms with Gasteiger partial charge in [0.05, 0.1) is 11.2 Å². The minimum atomic E-state index is -3.82. The van der Waals surface area contributed by atoms with Crippen LogP contribution in [0.15, 0.2) is 35.5 Å². The van der Waals surface area contributed by atoms with Gasteiger partial charge in [0, 0.05) is 17.4 Å². The standard InChI is InChI=1S/C14H13Cl3N2O3S/c15-5-2-6-19-9-18-13(14(19)17)12(20)8-23(21,22)11-4-1-3-10(16)7-11/h1,3-4,7,9H,2,5-6,8H2. The van der Waals surface area contributed by atoms with E-state index in [9.17, 15) is 13.2 Å². The molecule has 0 radical (unpaired) electrons. The number of ketones is 1. The van der Waals surface area contributed by atoms with E-state index in [1.54, 1.807) is 10.6 Å². The lowest BCUT2D eigenvalue weighted by atomic mass is 10.3. The van der Waals surface area contributed by atoms with Crippen molar-refractivity contribution in [2.24, 2.45) is 0 Å². The van der Waals surface area contributed by atoms with Gasteiger partial charge in [-0.15, -0.1) is 11.6 Å². The van der Waals surface area contributed by atoms with E-state index in [-0.39, 0.29) is 20.8 Å². The van der Waals surface area contributed by atoms with Crippen molar-refractivity contribution in [3.8, 4) is 0 Å². The third kappa shape index (κ3) is 4.47. The fourth-order valence-electron chi connectivity index (χ4n) is 1.93. The molecule has 0 spiro atoms. The van der Waals surface area contributed by atoms with Gasteiger partial charge in [-0.3, -0.25) is 4.79 Å². The highest BCUT2D eigenvalue weighted by atomic mass is 35.5. The minimum absolute atomic E-state index is 0.0176. The zero-order valence-electron chi connectivity index (χ0n) is 11.9. The van der Waals surface area contributed by atoms with Gasteiger partial charge >= 0.3 is 0 Å². The van der Waals surface area contributed by atoms with Crippen molar-refractivity contribution < 1.29 is 13.2 Å². The van der Waals surface area contributed by atoms with E-state index in [1.165, 1.54) is 24.5 Å². The summed E-state index contributed by atoms with van der Waals surface area (Å²) in [5, 5.41) is 0.392. The third-order valence-corrected chi connectivity index (χ3v) is 5.56. The normalized spacial score (nSPS) is 11.6. The molecule has 124 valence electrons. The molecule has 0 aliphatic rings. The zero-order valence-corrected chi connectivity index (χ0v) is 15.0. The molecule has 0 bridgehead atoms. The Bertz CT molecular complexity index is 818. The van der Waals surface area contributed by atoms with E-state index in [0.717, 1.165) is 0 Å². The van der Waals surface area contributed by atoms with Gasteiger partial charge in [-0.1, -0.05) is 29.3 Å². The van der Waals surface area contributed by atoms with Gasteiger partial charge in [-0.05, 0) is 24.6 Å². The number of halogens is 3. The molecule has 0 fully saturated rings. The summed E-state index contributed by atoms with van der Waals surface area (Å²) in [7, 11) is -3.82. The minimum Gasteiger partial charge on any atom is -0.321 e. The lowest BCUT2D eigenvalue weighted by Crippen LogP contribution is -2.17. The van der Waals surface area contributed by atoms with E-state index in [2.05, 4.69) is 4.98 Å². The number of hydrogen-bond donors (Lipinski definition) is 0. The predicted molar refractivity (Wildman–Crippen MR) is 90.4 cm³/mol. The lowest BCUT2D eigenvalue weighted by Gasteiger charge is -2.04. The number of hydrogen-bond acceptors (Lipinski definition) is 4. The first kappa shape index (κ1) is 18.3. The zero-order chi connectivity index (χ0) is 17.0. The summed E-state index contributed by atoms with van der Waals surface area (Å²) in [4.78, 5) is 16.1. The number of Topliss-reactive ketones (excluding diaryl/α,β-unsaturated/α-hetero) is 1. The Kier molecular flexibility index (Phi) is 6.08. The third-order valence-electron chi connectivity index (χ3n) is 3.05. The van der Waals surface area contributed by atoms with Gasteiger partial charge in [-0.2, -0.15) is 0 Å². The van der Waals surface area contributed by atoms with Gasteiger partial charge in [0.2, 0.25) is 0 Å². The van der Waals surface area contributed by atoms with Crippen molar-refractivity contribution >= 4 is 50.4 Å². The van der Waals surface area contributed by atoms with E-state index < -0.39 is 21.4 Å². The molecule has 0 N–H and O–H groups in total. The van der Waals surface area contributed by atoms with Gasteiger partial charge in [-0.25, -0.2) is 13.4 Å². The van der Waals surface area contributed by atoms with Crippen molar-refractivity contribution in [3.63, 3.8) is 0 Å². The fourth-order valence-corrected chi connectivity index (χ4v) is 3.82. The summed E-state index contributed by atoms with van der Waals surface area (Å²) in [6.45, 7) is 0.504. The maximum atomic E-state index is 12.3. The van der Waals surface area contributed by atoms with Gasteiger partial charge < -0.3 is 4.57 Å². The number of alkyl halides is 1. The first-order chi connectivity index (χ1) is 10.8. The van der Waals surface area contributed by atoms with Crippen LogP contribution in [0.4, 0.5) is 0 Å². The maximum Gasteiger partial charge on any atom is 0.199 e. The summed E-state index contributed by atoms with van der Waals surface area (Å²) in [6.07, 6.45) is 2.06. The largest absolute Gasteiger partial charge is 0.321 e. The molecule has 1 aromatic heterocycles. The molecule has 0 amide bonds. The number of imidazole rings is 1. The molecule has 9 heteroatoms. The highest BCUT2D eigenvalue weighted by Crippen LogP contribution is 2.20. The predicted octanol–water partition coefficient (Wildman–Crippen LogP) is 3.48. The van der Waals surface area contributed by atoms with Crippen LogP contribution in [-0.2, 0) is 16.4 Å². The van der Waals surface area contributed by atoms with Crippen LogP contribution in [0.25, 0.3) is 0 Å². The number of aryl methyl sites for hydroxylation is 1. The summed E-state index contributed by atoms with van der Waals surface area (Å²) in [5.41, 5.74) is -0.0631. The van der Waals surface area contributed by atoms with Crippen LogP contribution in [0.2, 0.25) is 10.2 Å². The van der Waals surface area contributed by atoms with Crippen LogP contribution < -0.4 is 0 Å². The van der Waals surface area contributed by atoms with Crippen molar-refractivity contribution in [2.45, 2.75) is 17.9 Å². The second-order valence-corrected chi connectivity index (χ2v) is 7.92. The van der Waals surface area contributed by atoms with E-state index >= 15 is 0 Å². The molecule has 0 aliphatic carbocycles. The number of carbonyl (C=O) groups is 1. The number of rotatable bonds is 7. The summed E-state index contributed by atoms with van der Waals surface area (Å²) in [6, 6.07) is 5.74. The lowest BCUT2D eigenvalue weighted by molar-refractivity contribution is 0.101. The monoisotopic (exact) mass is 394 g/mol. The Labute approximate surface area is 149 Å². The SMILES string of the molecule is O=C(CS(=O)(=O)c1cccc(Cl)c1)c1ncn(CCCCl)c1Cl. The average molecular weight is 396 g/mol. The smallest absolute Gasteiger partial charge is 0.199 e. The molecule has 1 heterocycles. The first-order valence-corrected chi connectivity index (χ1v) is 9.57. The molecular weight excluding hydrogens is 383 g/mol. The number of sulfone groups is 1. The van der Waals surface area contributed by atoms with Crippen molar-refractivity contribution in [1.82, 2.24) is 9.55 Å². The first-order valence-electron chi connectivity index (χ1n) is 6.63. The van der Waals surface area contributed by atoms with Crippen LogP contribution in [0, 0.1) is 0 Å². The van der Waals surface area contributed by atoms with E-state index in [1.807, 2.05) is 0 Å². The Hall–Kier alpha value is -1.08. The van der Waals surface area contributed by atoms with Gasteiger partial charge in [0.15, 0.2) is 15.6 Å². The fraction of sp³-hybridized carbons (Fsp3) is 0.286. The van der Waals surface area contributed by atoms with Crippen molar-refractivity contribution in [1.29, 1.82) is 0 Å². The molecule has 2 rings (SSSR count). The molecule has 0 saturated carbocycles. The molecular formula is C14H13Cl3N2O3S. The average Bonchev–Trinajstić information content (AvgIpc) is 2.86. The van der Waals surface area contributed by atoms with Crippen LogP contribution >= 0.6 is 34.8 Å². The molecule has 23 heavy (non-hydrogen) atoms. The van der Waals surface area contributed by atoms with Crippen LogP contribution in [-0.4, -0.2) is 35.4 Å². The Balaban J connectivity index is 2.20. The number of nitrogens with zero attached hydrogens (tertiary/aromatic N) is 2. The molecule has 2 aromatic rings. The molecule has 0 unspecified atom stereocenters. The highest BCUT2D eigenvalue weighted by Gasteiger charge is 2.24. The second-order valence-electron chi connectivity index (χ2n) is 4.76. The molecule has 0 aliphatic heterocycles. The summed E-state index contributed by atoms with van der Waals surface area (Å²) >= 11 is 17.5. The molecule has 0 saturated heterocycles. The molecule has 0 atom stereocenters. The van der Waals surface area contributed by atoms with E-state index in [0.29, 0.717) is 18.8 Å². The molecule has 1 aromatic carbocycles.